The Bertz CT molecular complexity index is 920. The number of anilines is 2. The Morgan fingerprint density at radius 3 is 2.52 bits per heavy atom. The Morgan fingerprint density at radius 1 is 1.08 bits per heavy atom. The molecule has 25 heavy (non-hydrogen) atoms. The topological polar surface area (TPSA) is 62.3 Å². The molecule has 0 fully saturated rings. The first-order valence-corrected chi connectivity index (χ1v) is 8.09. The van der Waals surface area contributed by atoms with Gasteiger partial charge in [0.1, 0.15) is 6.54 Å². The predicted molar refractivity (Wildman–Crippen MR) is 99.9 cm³/mol. The van der Waals surface area contributed by atoms with Gasteiger partial charge in [-0.15, -0.1) is 0 Å². The van der Waals surface area contributed by atoms with Gasteiger partial charge >= 0.3 is 0 Å². The van der Waals surface area contributed by atoms with E-state index < -0.39 is 0 Å². The number of rotatable bonds is 4. The van der Waals surface area contributed by atoms with Crippen molar-refractivity contribution >= 4 is 45.7 Å². The second kappa shape index (κ2) is 7.32. The van der Waals surface area contributed by atoms with E-state index in [1.54, 1.807) is 36.5 Å². The maximum atomic E-state index is 12.4. The van der Waals surface area contributed by atoms with Crippen molar-refractivity contribution in [3.05, 3.63) is 65.8 Å². The number of fused-ring (bicyclic) bond motifs is 1. The summed E-state index contributed by atoms with van der Waals surface area (Å²) < 4.78 is 0. The van der Waals surface area contributed by atoms with Gasteiger partial charge in [0.15, 0.2) is 0 Å². The van der Waals surface area contributed by atoms with Crippen LogP contribution in [-0.4, -0.2) is 23.3 Å². The van der Waals surface area contributed by atoms with Gasteiger partial charge in [0, 0.05) is 29.2 Å². The Hall–Kier alpha value is -2.92. The normalized spacial score (nSPS) is 10.5. The van der Waals surface area contributed by atoms with E-state index in [1.807, 2.05) is 24.3 Å². The zero-order valence-electron chi connectivity index (χ0n) is 13.6. The fraction of sp³-hybridized carbons (Fsp3) is 0.105. The number of nitrogens with zero attached hydrogens (tertiary/aromatic N) is 2. The summed E-state index contributed by atoms with van der Waals surface area (Å²) in [6.45, 7) is 1.32. The van der Waals surface area contributed by atoms with Gasteiger partial charge in [-0.1, -0.05) is 29.8 Å². The summed E-state index contributed by atoms with van der Waals surface area (Å²) in [5.74, 6) is -0.533. The first kappa shape index (κ1) is 16.9. The van der Waals surface area contributed by atoms with Crippen molar-refractivity contribution in [2.24, 2.45) is 0 Å². The number of amides is 2. The third kappa shape index (κ3) is 3.95. The van der Waals surface area contributed by atoms with Crippen LogP contribution in [0, 0.1) is 0 Å². The van der Waals surface area contributed by atoms with E-state index in [1.165, 1.54) is 11.8 Å². The van der Waals surface area contributed by atoms with E-state index >= 15 is 0 Å². The quantitative estimate of drug-likeness (QED) is 0.774. The standard InChI is InChI=1S/C19H16ClN3O2/c1-13(24)23(12-18(25)22-16-9-7-15(20)8-10-16)17-6-2-4-14-5-3-11-21-19(14)17/h2-11H,12H2,1H3,(H,22,25). The van der Waals surface area contributed by atoms with Crippen molar-refractivity contribution in [1.29, 1.82) is 0 Å². The summed E-state index contributed by atoms with van der Waals surface area (Å²) in [4.78, 5) is 30.2. The van der Waals surface area contributed by atoms with Gasteiger partial charge in [-0.05, 0) is 36.4 Å². The third-order valence-corrected chi connectivity index (χ3v) is 3.96. The Morgan fingerprint density at radius 2 is 1.80 bits per heavy atom. The number of para-hydroxylation sites is 1. The van der Waals surface area contributed by atoms with Gasteiger partial charge in [0.25, 0.3) is 0 Å². The molecule has 0 aliphatic carbocycles. The molecule has 5 nitrogen and oxygen atoms in total. The number of carbonyl (C=O) groups is 2. The maximum absolute atomic E-state index is 12.4. The maximum Gasteiger partial charge on any atom is 0.244 e. The average Bonchev–Trinajstić information content (AvgIpc) is 2.61. The minimum absolute atomic E-state index is 0.104. The van der Waals surface area contributed by atoms with Crippen molar-refractivity contribution in [2.75, 3.05) is 16.8 Å². The fourth-order valence-electron chi connectivity index (χ4n) is 2.55. The van der Waals surface area contributed by atoms with Crippen LogP contribution >= 0.6 is 11.6 Å². The molecule has 0 spiro atoms. The number of carbonyl (C=O) groups excluding carboxylic acids is 2. The number of nitrogens with one attached hydrogen (secondary N) is 1. The molecule has 2 amide bonds. The SMILES string of the molecule is CC(=O)N(CC(=O)Nc1ccc(Cl)cc1)c1cccc2cccnc12. The van der Waals surface area contributed by atoms with E-state index in [-0.39, 0.29) is 18.4 Å². The Balaban J connectivity index is 1.85. The van der Waals surface area contributed by atoms with Crippen LogP contribution in [0.15, 0.2) is 60.8 Å². The van der Waals surface area contributed by atoms with Gasteiger partial charge in [-0.3, -0.25) is 14.6 Å². The van der Waals surface area contributed by atoms with Crippen LogP contribution in [0.2, 0.25) is 5.02 Å². The van der Waals surface area contributed by atoms with E-state index in [9.17, 15) is 9.59 Å². The van der Waals surface area contributed by atoms with E-state index in [0.717, 1.165) is 5.39 Å². The van der Waals surface area contributed by atoms with E-state index in [4.69, 9.17) is 11.6 Å². The minimum atomic E-state index is -0.301. The van der Waals surface area contributed by atoms with Crippen LogP contribution in [-0.2, 0) is 9.59 Å². The number of hydrogen-bond acceptors (Lipinski definition) is 3. The number of pyridine rings is 1. The van der Waals surface area contributed by atoms with Crippen molar-refractivity contribution in [2.45, 2.75) is 6.92 Å². The van der Waals surface area contributed by atoms with Gasteiger partial charge < -0.3 is 10.2 Å². The molecule has 1 heterocycles. The van der Waals surface area contributed by atoms with E-state index in [2.05, 4.69) is 10.3 Å². The summed E-state index contributed by atoms with van der Waals surface area (Å²) in [6, 6.07) is 16.1. The highest BCUT2D eigenvalue weighted by Crippen LogP contribution is 2.25. The lowest BCUT2D eigenvalue weighted by Gasteiger charge is -2.21. The summed E-state index contributed by atoms with van der Waals surface area (Å²) in [5.41, 5.74) is 1.91. The number of hydrogen-bond donors (Lipinski definition) is 1. The molecule has 0 aliphatic heterocycles. The molecule has 126 valence electrons. The van der Waals surface area contributed by atoms with Crippen LogP contribution < -0.4 is 10.2 Å². The van der Waals surface area contributed by atoms with Crippen LogP contribution in [0.3, 0.4) is 0 Å². The molecule has 1 aromatic heterocycles. The van der Waals surface area contributed by atoms with Crippen LogP contribution in [0.25, 0.3) is 10.9 Å². The highest BCUT2D eigenvalue weighted by atomic mass is 35.5. The molecule has 3 rings (SSSR count). The zero-order valence-corrected chi connectivity index (χ0v) is 14.3. The first-order chi connectivity index (χ1) is 12.0. The highest BCUT2D eigenvalue weighted by molar-refractivity contribution is 6.30. The molecule has 0 saturated carbocycles. The molecular weight excluding hydrogens is 338 g/mol. The van der Waals surface area contributed by atoms with Crippen LogP contribution in [0.5, 0.6) is 0 Å². The minimum Gasteiger partial charge on any atom is -0.325 e. The smallest absolute Gasteiger partial charge is 0.244 e. The molecule has 0 aliphatic rings. The second-order valence-corrected chi connectivity index (χ2v) is 5.95. The molecule has 0 saturated heterocycles. The van der Waals surface area contributed by atoms with Gasteiger partial charge in [-0.2, -0.15) is 0 Å². The molecule has 0 bridgehead atoms. The fourth-order valence-corrected chi connectivity index (χ4v) is 2.68. The largest absolute Gasteiger partial charge is 0.325 e. The molecule has 1 N–H and O–H groups in total. The van der Waals surface area contributed by atoms with Gasteiger partial charge in [0.05, 0.1) is 11.2 Å². The molecule has 0 radical (unpaired) electrons. The average molecular weight is 354 g/mol. The zero-order chi connectivity index (χ0) is 17.8. The monoisotopic (exact) mass is 353 g/mol. The van der Waals surface area contributed by atoms with Crippen molar-refractivity contribution in [3.8, 4) is 0 Å². The summed E-state index contributed by atoms with van der Waals surface area (Å²) >= 11 is 5.84. The van der Waals surface area contributed by atoms with Gasteiger partial charge in [-0.25, -0.2) is 0 Å². The van der Waals surface area contributed by atoms with Gasteiger partial charge in [0.2, 0.25) is 11.8 Å². The number of aromatic nitrogens is 1. The summed E-state index contributed by atoms with van der Waals surface area (Å²) in [7, 11) is 0. The third-order valence-electron chi connectivity index (χ3n) is 3.71. The van der Waals surface area contributed by atoms with Crippen molar-refractivity contribution in [1.82, 2.24) is 4.98 Å². The lowest BCUT2D eigenvalue weighted by molar-refractivity contribution is -0.120. The number of halogens is 1. The summed E-state index contributed by atoms with van der Waals surface area (Å²) in [6.07, 6.45) is 1.66. The number of benzene rings is 2. The highest BCUT2D eigenvalue weighted by Gasteiger charge is 2.18. The molecule has 6 heteroatoms. The van der Waals surface area contributed by atoms with Crippen molar-refractivity contribution < 1.29 is 9.59 Å². The lowest BCUT2D eigenvalue weighted by atomic mass is 10.1. The molecule has 2 aromatic carbocycles. The second-order valence-electron chi connectivity index (χ2n) is 5.51. The first-order valence-electron chi connectivity index (χ1n) is 7.72. The predicted octanol–water partition coefficient (Wildman–Crippen LogP) is 3.88. The molecule has 3 aromatic rings. The Labute approximate surface area is 150 Å². The van der Waals surface area contributed by atoms with Crippen LogP contribution in [0.4, 0.5) is 11.4 Å². The lowest BCUT2D eigenvalue weighted by Crippen LogP contribution is -2.36. The summed E-state index contributed by atoms with van der Waals surface area (Å²) in [5, 5.41) is 4.26. The molecule has 0 unspecified atom stereocenters. The van der Waals surface area contributed by atoms with Crippen LogP contribution in [0.1, 0.15) is 6.92 Å². The van der Waals surface area contributed by atoms with E-state index in [0.29, 0.717) is 21.9 Å². The Kier molecular flexibility index (Phi) is 4.95. The molecule has 0 atom stereocenters. The molecular formula is C19H16ClN3O2. The van der Waals surface area contributed by atoms with Crippen molar-refractivity contribution in [3.63, 3.8) is 0 Å².